The molecule has 0 aliphatic carbocycles. The molecular weight excluding hydrogens is 327 g/mol. The summed E-state index contributed by atoms with van der Waals surface area (Å²) in [5.74, 6) is -0.810. The van der Waals surface area contributed by atoms with E-state index in [-0.39, 0.29) is 23.1 Å². The zero-order valence-electron chi connectivity index (χ0n) is 11.8. The molecule has 0 saturated heterocycles. The first-order valence-corrected chi connectivity index (χ1v) is 8.74. The van der Waals surface area contributed by atoms with Gasteiger partial charge in [0.25, 0.3) is 10.0 Å². The summed E-state index contributed by atoms with van der Waals surface area (Å²) in [6, 6.07) is 8.89. The third kappa shape index (κ3) is 4.62. The van der Waals surface area contributed by atoms with E-state index in [0.29, 0.717) is 0 Å². The molecule has 2 rings (SSSR count). The van der Waals surface area contributed by atoms with Crippen LogP contribution in [0.2, 0.25) is 0 Å². The van der Waals surface area contributed by atoms with Crippen LogP contribution in [-0.2, 0) is 21.4 Å². The number of halogens is 1. The molecule has 2 aromatic rings. The third-order valence-electron chi connectivity index (χ3n) is 2.81. The van der Waals surface area contributed by atoms with Crippen LogP contribution in [-0.4, -0.2) is 20.9 Å². The summed E-state index contributed by atoms with van der Waals surface area (Å²) in [5.41, 5.74) is 0.728. The number of hydrogen-bond donors (Lipinski definition) is 2. The number of carbonyl (C=O) groups is 1. The summed E-state index contributed by atoms with van der Waals surface area (Å²) < 4.78 is 39.0. The fraction of sp³-hybridized carbons (Fsp3) is 0.214. The highest BCUT2D eigenvalue weighted by Crippen LogP contribution is 2.19. The lowest BCUT2D eigenvalue weighted by Crippen LogP contribution is -2.36. The molecule has 0 radical (unpaired) electrons. The van der Waals surface area contributed by atoms with Crippen molar-refractivity contribution < 1.29 is 17.6 Å². The van der Waals surface area contributed by atoms with Gasteiger partial charge >= 0.3 is 0 Å². The molecule has 0 aliphatic heterocycles. The Hall–Kier alpha value is -1.77. The molecule has 1 heterocycles. The number of benzene rings is 1. The van der Waals surface area contributed by atoms with Crippen molar-refractivity contribution in [2.24, 2.45) is 0 Å². The first kappa shape index (κ1) is 16.6. The Morgan fingerprint density at radius 3 is 2.45 bits per heavy atom. The Bertz CT molecular complexity index is 755. The van der Waals surface area contributed by atoms with E-state index in [1.807, 2.05) is 0 Å². The molecule has 1 aromatic heterocycles. The van der Waals surface area contributed by atoms with Crippen LogP contribution in [0.5, 0.6) is 0 Å². The lowest BCUT2D eigenvalue weighted by atomic mass is 10.2. The average molecular weight is 342 g/mol. The number of rotatable bonds is 6. The fourth-order valence-corrected chi connectivity index (χ4v) is 3.96. The number of sulfonamides is 1. The van der Waals surface area contributed by atoms with E-state index in [4.69, 9.17) is 0 Å². The summed E-state index contributed by atoms with van der Waals surface area (Å²) >= 11 is 1.14. The van der Waals surface area contributed by atoms with Crippen LogP contribution in [0.4, 0.5) is 4.39 Å². The Morgan fingerprint density at radius 1 is 1.18 bits per heavy atom. The van der Waals surface area contributed by atoms with Crippen molar-refractivity contribution in [3.63, 3.8) is 0 Å². The quantitative estimate of drug-likeness (QED) is 0.840. The van der Waals surface area contributed by atoms with E-state index in [9.17, 15) is 17.6 Å². The molecule has 0 atom stereocenters. The lowest BCUT2D eigenvalue weighted by Gasteiger charge is -2.07. The van der Waals surface area contributed by atoms with Crippen molar-refractivity contribution in [1.82, 2.24) is 10.0 Å². The molecule has 1 aromatic carbocycles. The minimum Gasteiger partial charge on any atom is -0.351 e. The number of amides is 1. The normalized spacial score (nSPS) is 11.4. The van der Waals surface area contributed by atoms with Crippen LogP contribution >= 0.6 is 11.3 Å². The van der Waals surface area contributed by atoms with Gasteiger partial charge in [-0.25, -0.2) is 17.5 Å². The molecule has 0 spiro atoms. The van der Waals surface area contributed by atoms with Gasteiger partial charge in [0.1, 0.15) is 10.0 Å². The number of aryl methyl sites for hydroxylation is 1. The first-order chi connectivity index (χ1) is 10.4. The van der Waals surface area contributed by atoms with Gasteiger partial charge in [-0.1, -0.05) is 12.1 Å². The van der Waals surface area contributed by atoms with Crippen molar-refractivity contribution in [2.75, 3.05) is 6.54 Å². The molecule has 118 valence electrons. The van der Waals surface area contributed by atoms with Crippen LogP contribution in [0.15, 0.2) is 40.6 Å². The molecule has 22 heavy (non-hydrogen) atoms. The summed E-state index contributed by atoms with van der Waals surface area (Å²) in [6.07, 6.45) is 0. The Morgan fingerprint density at radius 2 is 1.86 bits per heavy atom. The summed E-state index contributed by atoms with van der Waals surface area (Å²) in [7, 11) is -3.66. The van der Waals surface area contributed by atoms with Crippen LogP contribution in [0.25, 0.3) is 0 Å². The molecule has 0 bridgehead atoms. The molecule has 1 amide bonds. The van der Waals surface area contributed by atoms with Gasteiger partial charge in [-0.15, -0.1) is 11.3 Å². The van der Waals surface area contributed by atoms with Gasteiger partial charge in [0.05, 0.1) is 6.54 Å². The van der Waals surface area contributed by atoms with Gasteiger partial charge < -0.3 is 5.32 Å². The average Bonchev–Trinajstić information content (AvgIpc) is 2.92. The highest BCUT2D eigenvalue weighted by molar-refractivity contribution is 7.91. The smallest absolute Gasteiger partial charge is 0.250 e. The number of thiophene rings is 1. The van der Waals surface area contributed by atoms with Crippen LogP contribution in [0, 0.1) is 12.7 Å². The predicted octanol–water partition coefficient (Wildman–Crippen LogP) is 1.79. The Kier molecular flexibility index (Phi) is 5.28. The minimum absolute atomic E-state index is 0.177. The molecule has 8 heteroatoms. The second-order valence-corrected chi connectivity index (χ2v) is 7.87. The van der Waals surface area contributed by atoms with E-state index in [1.54, 1.807) is 25.1 Å². The minimum atomic E-state index is -3.66. The zero-order valence-corrected chi connectivity index (χ0v) is 13.4. The van der Waals surface area contributed by atoms with Gasteiger partial charge in [-0.05, 0) is 36.8 Å². The standard InChI is InChI=1S/C14H15FN2O3S2/c1-10-2-7-14(21-10)22(19,20)17-9-13(18)16-8-11-3-5-12(15)6-4-11/h2-7,17H,8-9H2,1H3,(H,16,18). The van der Waals surface area contributed by atoms with E-state index < -0.39 is 15.9 Å². The van der Waals surface area contributed by atoms with E-state index in [1.165, 1.54) is 18.2 Å². The summed E-state index contributed by atoms with van der Waals surface area (Å²) in [5, 5.41) is 2.56. The van der Waals surface area contributed by atoms with Crippen molar-refractivity contribution in [3.8, 4) is 0 Å². The lowest BCUT2D eigenvalue weighted by molar-refractivity contribution is -0.120. The SMILES string of the molecule is Cc1ccc(S(=O)(=O)NCC(=O)NCc2ccc(F)cc2)s1. The molecule has 0 saturated carbocycles. The van der Waals surface area contributed by atoms with Crippen molar-refractivity contribution in [3.05, 3.63) is 52.7 Å². The highest BCUT2D eigenvalue weighted by Gasteiger charge is 2.17. The van der Waals surface area contributed by atoms with Crippen molar-refractivity contribution in [2.45, 2.75) is 17.7 Å². The Balaban J connectivity index is 1.83. The maximum atomic E-state index is 12.7. The fourth-order valence-electron chi connectivity index (χ4n) is 1.65. The van der Waals surface area contributed by atoms with Gasteiger partial charge in [0, 0.05) is 11.4 Å². The highest BCUT2D eigenvalue weighted by atomic mass is 32.2. The predicted molar refractivity (Wildman–Crippen MR) is 82.5 cm³/mol. The molecule has 0 aliphatic rings. The first-order valence-electron chi connectivity index (χ1n) is 6.44. The van der Waals surface area contributed by atoms with Crippen molar-refractivity contribution >= 4 is 27.3 Å². The summed E-state index contributed by atoms with van der Waals surface area (Å²) in [4.78, 5) is 12.5. The summed E-state index contributed by atoms with van der Waals surface area (Å²) in [6.45, 7) is 1.67. The monoisotopic (exact) mass is 342 g/mol. The topological polar surface area (TPSA) is 75.3 Å². The molecular formula is C14H15FN2O3S2. The van der Waals surface area contributed by atoms with Gasteiger partial charge in [-0.3, -0.25) is 4.79 Å². The Labute approximate surface area is 132 Å². The number of carbonyl (C=O) groups excluding carboxylic acids is 1. The number of nitrogens with one attached hydrogen (secondary N) is 2. The van der Waals surface area contributed by atoms with Crippen LogP contribution in [0.3, 0.4) is 0 Å². The van der Waals surface area contributed by atoms with Gasteiger partial charge in [0.15, 0.2) is 0 Å². The molecule has 5 nitrogen and oxygen atoms in total. The van der Waals surface area contributed by atoms with E-state index in [2.05, 4.69) is 10.0 Å². The van der Waals surface area contributed by atoms with E-state index in [0.717, 1.165) is 21.8 Å². The molecule has 2 N–H and O–H groups in total. The zero-order chi connectivity index (χ0) is 16.2. The third-order valence-corrected chi connectivity index (χ3v) is 5.70. The largest absolute Gasteiger partial charge is 0.351 e. The second kappa shape index (κ2) is 6.99. The maximum absolute atomic E-state index is 12.7. The van der Waals surface area contributed by atoms with Gasteiger partial charge in [-0.2, -0.15) is 0 Å². The maximum Gasteiger partial charge on any atom is 0.250 e. The molecule has 0 fully saturated rings. The van der Waals surface area contributed by atoms with Crippen molar-refractivity contribution in [1.29, 1.82) is 0 Å². The molecule has 0 unspecified atom stereocenters. The van der Waals surface area contributed by atoms with E-state index >= 15 is 0 Å². The van der Waals surface area contributed by atoms with Crippen LogP contribution < -0.4 is 10.0 Å². The number of hydrogen-bond acceptors (Lipinski definition) is 4. The second-order valence-electron chi connectivity index (χ2n) is 4.59. The van der Waals surface area contributed by atoms with Gasteiger partial charge in [0.2, 0.25) is 5.91 Å². The van der Waals surface area contributed by atoms with Crippen LogP contribution in [0.1, 0.15) is 10.4 Å².